The molecule has 0 spiro atoms. The second-order valence-electron chi connectivity index (χ2n) is 8.96. The lowest BCUT2D eigenvalue weighted by molar-refractivity contribution is -0.149. The van der Waals surface area contributed by atoms with Crippen LogP contribution in [0.1, 0.15) is 43.9 Å². The lowest BCUT2D eigenvalue weighted by Gasteiger charge is -2.44. The zero-order valence-corrected chi connectivity index (χ0v) is 19.3. The third kappa shape index (κ3) is 4.51. The molecule has 6 heteroatoms. The van der Waals surface area contributed by atoms with E-state index in [4.69, 9.17) is 9.47 Å². The van der Waals surface area contributed by atoms with Crippen LogP contribution < -0.4 is 9.64 Å². The van der Waals surface area contributed by atoms with Gasteiger partial charge < -0.3 is 19.3 Å². The molecule has 4 unspecified atom stereocenters. The molecule has 32 heavy (non-hydrogen) atoms. The predicted octanol–water partition coefficient (Wildman–Crippen LogP) is 4.12. The third-order valence-electron chi connectivity index (χ3n) is 6.42. The Morgan fingerprint density at radius 1 is 1.00 bits per heavy atom. The van der Waals surface area contributed by atoms with Gasteiger partial charge in [-0.2, -0.15) is 0 Å². The van der Waals surface area contributed by atoms with Gasteiger partial charge in [-0.05, 0) is 57.0 Å². The molecule has 6 nitrogen and oxygen atoms in total. The van der Waals surface area contributed by atoms with Crippen LogP contribution in [0.2, 0.25) is 0 Å². The summed E-state index contributed by atoms with van der Waals surface area (Å²) < 4.78 is 11.2. The highest BCUT2D eigenvalue weighted by atomic mass is 16.5. The Kier molecular flexibility index (Phi) is 6.51. The van der Waals surface area contributed by atoms with E-state index in [1.54, 1.807) is 7.11 Å². The van der Waals surface area contributed by atoms with E-state index in [9.17, 15) is 9.59 Å². The van der Waals surface area contributed by atoms with Gasteiger partial charge >= 0.3 is 0 Å². The number of methoxy groups -OCH3 is 1. The van der Waals surface area contributed by atoms with Gasteiger partial charge in [0.1, 0.15) is 5.75 Å². The van der Waals surface area contributed by atoms with Gasteiger partial charge in [0.05, 0.1) is 31.3 Å². The average Bonchev–Trinajstić information content (AvgIpc) is 2.78. The number of rotatable bonds is 4. The summed E-state index contributed by atoms with van der Waals surface area (Å²) in [5, 5.41) is 0. The van der Waals surface area contributed by atoms with Crippen LogP contribution in [-0.2, 0) is 14.3 Å². The molecule has 2 aromatic carbocycles. The lowest BCUT2D eigenvalue weighted by Crippen LogP contribution is -2.54. The minimum atomic E-state index is -0.370. The van der Waals surface area contributed by atoms with Crippen molar-refractivity contribution in [2.75, 3.05) is 25.1 Å². The molecule has 170 valence electrons. The quantitative estimate of drug-likeness (QED) is 0.723. The minimum Gasteiger partial charge on any atom is -0.497 e. The standard InChI is InChI=1S/C26H32N2O4/c1-17-5-9-21(10-6-17)28-24(29)14-13-23(25(28)20-7-11-22(31-4)12-8-20)26(30)27-15-18(2)32-19(3)16-27/h5-12,18-19,23,25H,13-16H2,1-4H3. The number of ether oxygens (including phenoxy) is 2. The molecule has 0 N–H and O–H groups in total. The smallest absolute Gasteiger partial charge is 0.228 e. The molecule has 0 bridgehead atoms. The Morgan fingerprint density at radius 2 is 1.62 bits per heavy atom. The van der Waals surface area contributed by atoms with Gasteiger partial charge in [0.2, 0.25) is 11.8 Å². The number of benzene rings is 2. The highest BCUT2D eigenvalue weighted by Gasteiger charge is 2.43. The number of hydrogen-bond donors (Lipinski definition) is 0. The largest absolute Gasteiger partial charge is 0.497 e. The van der Waals surface area contributed by atoms with Crippen LogP contribution in [0.15, 0.2) is 48.5 Å². The van der Waals surface area contributed by atoms with Crippen molar-refractivity contribution in [3.05, 3.63) is 59.7 Å². The monoisotopic (exact) mass is 436 g/mol. The van der Waals surface area contributed by atoms with Gasteiger partial charge in [0, 0.05) is 25.2 Å². The van der Waals surface area contributed by atoms with E-state index in [0.717, 1.165) is 22.6 Å². The molecule has 0 saturated carbocycles. The van der Waals surface area contributed by atoms with Crippen molar-refractivity contribution in [2.24, 2.45) is 5.92 Å². The van der Waals surface area contributed by atoms with Crippen molar-refractivity contribution in [3.63, 3.8) is 0 Å². The Labute approximate surface area is 190 Å². The van der Waals surface area contributed by atoms with E-state index < -0.39 is 0 Å². The second kappa shape index (κ2) is 9.33. The lowest BCUT2D eigenvalue weighted by atomic mass is 9.82. The number of amides is 2. The van der Waals surface area contributed by atoms with Crippen molar-refractivity contribution in [2.45, 2.75) is 51.9 Å². The molecule has 2 saturated heterocycles. The Morgan fingerprint density at radius 3 is 2.22 bits per heavy atom. The topological polar surface area (TPSA) is 59.1 Å². The van der Waals surface area contributed by atoms with E-state index in [1.807, 2.05) is 79.1 Å². The Bertz CT molecular complexity index is 947. The molecule has 2 aliphatic rings. The van der Waals surface area contributed by atoms with Crippen molar-refractivity contribution < 1.29 is 19.1 Å². The van der Waals surface area contributed by atoms with Crippen LogP contribution in [0.3, 0.4) is 0 Å². The maximum Gasteiger partial charge on any atom is 0.228 e. The van der Waals surface area contributed by atoms with Crippen LogP contribution in [0.5, 0.6) is 5.75 Å². The molecule has 2 aliphatic heterocycles. The van der Waals surface area contributed by atoms with Crippen LogP contribution >= 0.6 is 0 Å². The molecule has 2 aromatic rings. The zero-order chi connectivity index (χ0) is 22.8. The molecule has 2 amide bonds. The molecule has 4 atom stereocenters. The van der Waals surface area contributed by atoms with Crippen LogP contribution in [0.4, 0.5) is 5.69 Å². The number of piperidine rings is 1. The van der Waals surface area contributed by atoms with E-state index in [0.29, 0.717) is 25.9 Å². The zero-order valence-electron chi connectivity index (χ0n) is 19.3. The van der Waals surface area contributed by atoms with E-state index in [1.165, 1.54) is 0 Å². The number of hydrogen-bond acceptors (Lipinski definition) is 4. The average molecular weight is 437 g/mol. The molecule has 4 rings (SSSR count). The Hall–Kier alpha value is -2.86. The van der Waals surface area contributed by atoms with Crippen LogP contribution in [-0.4, -0.2) is 49.1 Å². The van der Waals surface area contributed by atoms with Crippen molar-refractivity contribution in [1.29, 1.82) is 0 Å². The first-order valence-corrected chi connectivity index (χ1v) is 11.3. The number of morpholine rings is 1. The fraction of sp³-hybridized carbons (Fsp3) is 0.462. The summed E-state index contributed by atoms with van der Waals surface area (Å²) in [7, 11) is 1.63. The molecule has 0 aliphatic carbocycles. The highest BCUT2D eigenvalue weighted by molar-refractivity contribution is 5.97. The van der Waals surface area contributed by atoms with Gasteiger partial charge in [-0.15, -0.1) is 0 Å². The summed E-state index contributed by atoms with van der Waals surface area (Å²) in [5.74, 6) is 0.566. The summed E-state index contributed by atoms with van der Waals surface area (Å²) >= 11 is 0. The molecule has 0 aromatic heterocycles. The van der Waals surface area contributed by atoms with Gasteiger partial charge in [-0.25, -0.2) is 0 Å². The number of carbonyl (C=O) groups excluding carboxylic acids is 2. The molecular formula is C26H32N2O4. The molecular weight excluding hydrogens is 404 g/mol. The van der Waals surface area contributed by atoms with Gasteiger partial charge in [-0.3, -0.25) is 9.59 Å². The second-order valence-corrected chi connectivity index (χ2v) is 8.96. The predicted molar refractivity (Wildman–Crippen MR) is 124 cm³/mol. The third-order valence-corrected chi connectivity index (χ3v) is 6.42. The Balaban J connectivity index is 1.74. The minimum absolute atomic E-state index is 0.000519. The first kappa shape index (κ1) is 22.3. The SMILES string of the molecule is COc1ccc(C2C(C(=O)N3CC(C)OC(C)C3)CCC(=O)N2c2ccc(C)cc2)cc1. The fourth-order valence-electron chi connectivity index (χ4n) is 4.94. The summed E-state index contributed by atoms with van der Waals surface area (Å²) in [6.45, 7) is 7.18. The van der Waals surface area contributed by atoms with E-state index in [2.05, 4.69) is 0 Å². The summed E-state index contributed by atoms with van der Waals surface area (Å²) in [6.07, 6.45) is 0.893. The normalized spacial score (nSPS) is 26.2. The first-order valence-electron chi connectivity index (χ1n) is 11.3. The molecule has 2 heterocycles. The van der Waals surface area contributed by atoms with Crippen LogP contribution in [0, 0.1) is 12.8 Å². The summed E-state index contributed by atoms with van der Waals surface area (Å²) in [6, 6.07) is 15.3. The van der Waals surface area contributed by atoms with Gasteiger partial charge in [0.15, 0.2) is 0 Å². The van der Waals surface area contributed by atoms with Crippen molar-refractivity contribution in [1.82, 2.24) is 4.90 Å². The van der Waals surface area contributed by atoms with Crippen molar-refractivity contribution in [3.8, 4) is 5.75 Å². The van der Waals surface area contributed by atoms with Crippen LogP contribution in [0.25, 0.3) is 0 Å². The van der Waals surface area contributed by atoms with E-state index in [-0.39, 0.29) is 36.0 Å². The first-order chi connectivity index (χ1) is 15.4. The van der Waals surface area contributed by atoms with E-state index >= 15 is 0 Å². The summed E-state index contributed by atoms with van der Waals surface area (Å²) in [5.41, 5.74) is 2.89. The van der Waals surface area contributed by atoms with Gasteiger partial charge in [-0.1, -0.05) is 29.8 Å². The summed E-state index contributed by atoms with van der Waals surface area (Å²) in [4.78, 5) is 30.7. The number of anilines is 1. The number of aryl methyl sites for hydroxylation is 1. The molecule has 0 radical (unpaired) electrons. The van der Waals surface area contributed by atoms with Crippen molar-refractivity contribution >= 4 is 17.5 Å². The number of carbonyl (C=O) groups is 2. The molecule has 2 fully saturated rings. The maximum atomic E-state index is 13.8. The highest BCUT2D eigenvalue weighted by Crippen LogP contribution is 2.41. The number of nitrogens with zero attached hydrogens (tertiary/aromatic N) is 2. The fourth-order valence-corrected chi connectivity index (χ4v) is 4.94. The van der Waals surface area contributed by atoms with Gasteiger partial charge in [0.25, 0.3) is 0 Å². The maximum absolute atomic E-state index is 13.8.